The van der Waals surface area contributed by atoms with Crippen molar-refractivity contribution in [3.05, 3.63) is 27.8 Å². The van der Waals surface area contributed by atoms with Crippen LogP contribution < -0.4 is 26.5 Å². The molecular formula is C21H27FN4O4. The third-order valence-electron chi connectivity index (χ3n) is 6.31. The zero-order valence-corrected chi connectivity index (χ0v) is 17.4. The number of aromatic carboxylic acids is 1. The number of pyridine rings is 1. The van der Waals surface area contributed by atoms with Gasteiger partial charge in [-0.3, -0.25) is 4.79 Å². The first-order chi connectivity index (χ1) is 14.1. The van der Waals surface area contributed by atoms with Crippen LogP contribution in [0.5, 0.6) is 5.75 Å². The highest BCUT2D eigenvalue weighted by Crippen LogP contribution is 2.47. The van der Waals surface area contributed by atoms with Gasteiger partial charge in [0.2, 0.25) is 5.43 Å². The summed E-state index contributed by atoms with van der Waals surface area (Å²) < 4.78 is 22.9. The summed E-state index contributed by atoms with van der Waals surface area (Å²) in [5.41, 5.74) is 10.9. The normalized spacial score (nSPS) is 19.5. The molecule has 1 saturated heterocycles. The van der Waals surface area contributed by atoms with Crippen LogP contribution in [0.15, 0.2) is 11.0 Å². The van der Waals surface area contributed by atoms with Gasteiger partial charge in [-0.2, -0.15) is 0 Å². The second-order valence-corrected chi connectivity index (χ2v) is 8.90. The van der Waals surface area contributed by atoms with E-state index >= 15 is 4.39 Å². The number of hydrogen-bond donors (Lipinski definition) is 3. The van der Waals surface area contributed by atoms with Crippen molar-refractivity contribution >= 4 is 28.2 Å². The maximum atomic E-state index is 15.5. The van der Waals surface area contributed by atoms with Crippen LogP contribution in [0.4, 0.5) is 15.8 Å². The maximum absolute atomic E-state index is 15.5. The van der Waals surface area contributed by atoms with Crippen LogP contribution in [0.3, 0.4) is 0 Å². The number of ether oxygens (including phenoxy) is 1. The number of nitrogens with two attached hydrogens (primary N) is 2. The number of methoxy groups -OCH3 is 1. The number of rotatable bonds is 5. The second-order valence-electron chi connectivity index (χ2n) is 8.90. The van der Waals surface area contributed by atoms with Crippen molar-refractivity contribution < 1.29 is 19.0 Å². The number of carbonyl (C=O) groups is 1. The van der Waals surface area contributed by atoms with E-state index in [1.165, 1.54) is 13.3 Å². The fraction of sp³-hybridized carbons (Fsp3) is 0.524. The van der Waals surface area contributed by atoms with Gasteiger partial charge in [0.15, 0.2) is 11.6 Å². The minimum Gasteiger partial charge on any atom is -0.492 e. The monoisotopic (exact) mass is 418 g/mol. The number of carboxylic acids is 1. The van der Waals surface area contributed by atoms with Crippen molar-refractivity contribution in [2.75, 3.05) is 30.8 Å². The molecule has 8 nitrogen and oxygen atoms in total. The van der Waals surface area contributed by atoms with Crippen LogP contribution in [-0.4, -0.2) is 41.4 Å². The van der Waals surface area contributed by atoms with Crippen LogP contribution in [0.2, 0.25) is 0 Å². The minimum atomic E-state index is -1.37. The number of aromatic nitrogens is 1. The highest BCUT2D eigenvalue weighted by Gasteiger charge is 2.37. The van der Waals surface area contributed by atoms with Crippen molar-refractivity contribution in [3.8, 4) is 5.75 Å². The molecule has 2 fully saturated rings. The fourth-order valence-corrected chi connectivity index (χ4v) is 4.40. The molecule has 0 amide bonds. The molecule has 0 unspecified atom stereocenters. The van der Waals surface area contributed by atoms with Crippen molar-refractivity contribution in [1.82, 2.24) is 4.57 Å². The fourth-order valence-electron chi connectivity index (χ4n) is 4.40. The Hall–Kier alpha value is -2.81. The first-order valence-electron chi connectivity index (χ1n) is 10.1. The maximum Gasteiger partial charge on any atom is 0.341 e. The number of hydrogen-bond acceptors (Lipinski definition) is 6. The van der Waals surface area contributed by atoms with Crippen LogP contribution in [-0.2, 0) is 0 Å². The van der Waals surface area contributed by atoms with Gasteiger partial charge in [0.05, 0.1) is 23.7 Å². The lowest BCUT2D eigenvalue weighted by Gasteiger charge is -2.29. The average Bonchev–Trinajstić information content (AvgIpc) is 3.38. The van der Waals surface area contributed by atoms with Crippen molar-refractivity contribution in [3.63, 3.8) is 0 Å². The standard InChI is InChI=1S/C21H27FN4O4/c1-21(2,24)10-6-7-25(8-10)17-14(22)15(23)13-16(19(17)30-3)26(11-4-5-11)9-12(18(13)27)20(28)29/h9-11H,4-8,23-24H2,1-3H3,(H,28,29)/t10-/m1/s1. The van der Waals surface area contributed by atoms with Gasteiger partial charge in [-0.05, 0) is 39.0 Å². The average molecular weight is 418 g/mol. The number of anilines is 2. The van der Waals surface area contributed by atoms with E-state index in [-0.39, 0.29) is 34.5 Å². The molecule has 1 atom stereocenters. The number of fused-ring (bicyclic) bond motifs is 1. The molecule has 0 radical (unpaired) electrons. The Kier molecular flexibility index (Phi) is 4.68. The van der Waals surface area contributed by atoms with Gasteiger partial charge in [0, 0.05) is 30.9 Å². The first kappa shape index (κ1) is 20.5. The van der Waals surface area contributed by atoms with Crippen molar-refractivity contribution in [2.24, 2.45) is 11.7 Å². The summed E-state index contributed by atoms with van der Waals surface area (Å²) in [4.78, 5) is 26.4. The zero-order chi connectivity index (χ0) is 22.0. The van der Waals surface area contributed by atoms with Gasteiger partial charge >= 0.3 is 5.97 Å². The smallest absolute Gasteiger partial charge is 0.341 e. The molecule has 1 aliphatic heterocycles. The molecule has 5 N–H and O–H groups in total. The number of benzene rings is 1. The van der Waals surface area contributed by atoms with Gasteiger partial charge in [0.25, 0.3) is 0 Å². The predicted octanol–water partition coefficient (Wildman–Crippen LogP) is 2.33. The van der Waals surface area contributed by atoms with Gasteiger partial charge in [-0.15, -0.1) is 0 Å². The van der Waals surface area contributed by atoms with E-state index in [0.29, 0.717) is 18.6 Å². The Labute approximate surface area is 173 Å². The molecule has 162 valence electrons. The zero-order valence-electron chi connectivity index (χ0n) is 17.4. The molecule has 0 spiro atoms. The number of carboxylic acid groups (broad SMARTS) is 1. The Bertz CT molecular complexity index is 1100. The highest BCUT2D eigenvalue weighted by atomic mass is 19.1. The third kappa shape index (κ3) is 3.08. The van der Waals surface area contributed by atoms with Crippen LogP contribution in [0.1, 0.15) is 49.5 Å². The van der Waals surface area contributed by atoms with Crippen LogP contribution in [0.25, 0.3) is 10.9 Å². The van der Waals surface area contributed by atoms with Gasteiger partial charge in [-0.1, -0.05) is 0 Å². The van der Waals surface area contributed by atoms with Crippen molar-refractivity contribution in [1.29, 1.82) is 0 Å². The summed E-state index contributed by atoms with van der Waals surface area (Å²) in [5.74, 6) is -1.78. The summed E-state index contributed by atoms with van der Waals surface area (Å²) in [6.45, 7) is 5.00. The Morgan fingerprint density at radius 2 is 2.00 bits per heavy atom. The SMILES string of the molecule is COc1c(N2CC[C@@H](C(C)(C)N)C2)c(F)c(N)c2c(=O)c(C(=O)O)cn(C3CC3)c12. The minimum absolute atomic E-state index is 0.0205. The quantitative estimate of drug-likeness (QED) is 0.637. The summed E-state index contributed by atoms with van der Waals surface area (Å²) in [7, 11) is 1.42. The van der Waals surface area contributed by atoms with Crippen LogP contribution in [0, 0.1) is 11.7 Å². The number of nitrogen functional groups attached to an aromatic ring is 1. The van der Waals surface area contributed by atoms with Crippen molar-refractivity contribution in [2.45, 2.75) is 44.7 Å². The van der Waals surface area contributed by atoms with Crippen LogP contribution >= 0.6 is 0 Å². The molecule has 1 saturated carbocycles. The molecule has 1 aromatic carbocycles. The predicted molar refractivity (Wildman–Crippen MR) is 113 cm³/mol. The Morgan fingerprint density at radius 1 is 1.33 bits per heavy atom. The lowest BCUT2D eigenvalue weighted by Crippen LogP contribution is -2.42. The highest BCUT2D eigenvalue weighted by molar-refractivity contribution is 6.03. The summed E-state index contributed by atoms with van der Waals surface area (Å²) in [6.07, 6.45) is 3.78. The summed E-state index contributed by atoms with van der Waals surface area (Å²) >= 11 is 0. The third-order valence-corrected chi connectivity index (χ3v) is 6.31. The first-order valence-corrected chi connectivity index (χ1v) is 10.1. The molecule has 4 rings (SSSR count). The van der Waals surface area contributed by atoms with E-state index in [4.69, 9.17) is 16.2 Å². The molecule has 1 aliphatic carbocycles. The van der Waals surface area contributed by atoms with E-state index in [9.17, 15) is 14.7 Å². The lowest BCUT2D eigenvalue weighted by molar-refractivity contribution is 0.0695. The van der Waals surface area contributed by atoms with E-state index in [2.05, 4.69) is 0 Å². The molecule has 2 aliphatic rings. The largest absolute Gasteiger partial charge is 0.492 e. The molecule has 2 heterocycles. The topological polar surface area (TPSA) is 124 Å². The van der Waals surface area contributed by atoms with Gasteiger partial charge in [-0.25, -0.2) is 9.18 Å². The van der Waals surface area contributed by atoms with E-state index in [1.807, 2.05) is 18.7 Å². The summed E-state index contributed by atoms with van der Waals surface area (Å²) in [6, 6.07) is 0.0205. The Balaban J connectivity index is 2.01. The molecule has 2 aromatic rings. The number of halogens is 1. The van der Waals surface area contributed by atoms with Gasteiger partial charge < -0.3 is 30.8 Å². The van der Waals surface area contributed by atoms with Gasteiger partial charge in [0.1, 0.15) is 11.3 Å². The van der Waals surface area contributed by atoms with E-state index in [1.54, 1.807) is 4.57 Å². The molecule has 0 bridgehead atoms. The molecular weight excluding hydrogens is 391 g/mol. The van der Waals surface area contributed by atoms with E-state index < -0.39 is 28.3 Å². The Morgan fingerprint density at radius 3 is 2.50 bits per heavy atom. The molecule has 30 heavy (non-hydrogen) atoms. The lowest BCUT2D eigenvalue weighted by atomic mass is 9.88. The summed E-state index contributed by atoms with van der Waals surface area (Å²) in [5, 5.41) is 9.33. The van der Waals surface area contributed by atoms with E-state index in [0.717, 1.165) is 19.3 Å². The second kappa shape index (κ2) is 6.87. The number of nitrogens with zero attached hydrogens (tertiary/aromatic N) is 2. The molecule has 1 aromatic heterocycles. The molecule has 9 heteroatoms.